The molecule has 0 radical (unpaired) electrons. The first-order chi connectivity index (χ1) is 10.2. The number of nitrogens with one attached hydrogen (secondary N) is 1. The zero-order valence-corrected chi connectivity index (χ0v) is 13.0. The number of para-hydroxylation sites is 1. The minimum atomic E-state index is 0.610. The Bertz CT molecular complexity index is 864. The van der Waals surface area contributed by atoms with E-state index in [2.05, 4.69) is 11.1 Å². The molecule has 0 aliphatic rings. The van der Waals surface area contributed by atoms with Gasteiger partial charge < -0.3 is 14.5 Å². The van der Waals surface area contributed by atoms with Gasteiger partial charge >= 0.3 is 0 Å². The molecule has 1 heterocycles. The average Bonchev–Trinajstić information content (AvgIpc) is 2.82. The Hall–Kier alpha value is -2.27. The van der Waals surface area contributed by atoms with Crippen molar-refractivity contribution in [3.63, 3.8) is 0 Å². The summed E-state index contributed by atoms with van der Waals surface area (Å²) in [6.45, 7) is 2.04. The third-order valence-electron chi connectivity index (χ3n) is 3.48. The number of aromatic nitrogens is 2. The molecule has 21 heavy (non-hydrogen) atoms. The second-order valence-electron chi connectivity index (χ2n) is 4.80. The van der Waals surface area contributed by atoms with Crippen molar-refractivity contribution in [1.29, 1.82) is 0 Å². The number of H-pyrrole nitrogens is 1. The van der Waals surface area contributed by atoms with Gasteiger partial charge in [0.15, 0.2) is 4.77 Å². The Labute approximate surface area is 127 Å². The minimum absolute atomic E-state index is 0.610. The van der Waals surface area contributed by atoms with Gasteiger partial charge in [0.1, 0.15) is 17.0 Å². The van der Waals surface area contributed by atoms with Crippen LogP contribution in [0.1, 0.15) is 5.56 Å². The smallest absolute Gasteiger partial charge is 0.182 e. The molecule has 0 saturated carbocycles. The maximum absolute atomic E-state index is 5.49. The lowest BCUT2D eigenvalue weighted by atomic mass is 10.2. The highest BCUT2D eigenvalue weighted by molar-refractivity contribution is 7.71. The first-order valence-electron chi connectivity index (χ1n) is 6.58. The van der Waals surface area contributed by atoms with Crippen LogP contribution in [0.4, 0.5) is 0 Å². The van der Waals surface area contributed by atoms with Crippen molar-refractivity contribution in [3.8, 4) is 17.2 Å². The van der Waals surface area contributed by atoms with Gasteiger partial charge in [0.05, 0.1) is 25.4 Å². The third kappa shape index (κ3) is 2.19. The van der Waals surface area contributed by atoms with E-state index in [1.807, 2.05) is 41.8 Å². The Morgan fingerprint density at radius 1 is 1.05 bits per heavy atom. The summed E-state index contributed by atoms with van der Waals surface area (Å²) in [5.41, 5.74) is 3.91. The van der Waals surface area contributed by atoms with Gasteiger partial charge in [-0.1, -0.05) is 12.1 Å². The lowest BCUT2D eigenvalue weighted by Crippen LogP contribution is -1.98. The Morgan fingerprint density at radius 2 is 1.81 bits per heavy atom. The number of fused-ring (bicyclic) bond motifs is 1. The SMILES string of the molecule is COc1ccc(C)cc1-n1c(=S)[nH]c2c(OC)cccc21. The van der Waals surface area contributed by atoms with Gasteiger partial charge in [0, 0.05) is 0 Å². The molecular formula is C16H16N2O2S. The van der Waals surface area contributed by atoms with Crippen LogP contribution in [-0.4, -0.2) is 23.8 Å². The summed E-state index contributed by atoms with van der Waals surface area (Å²) in [4.78, 5) is 3.21. The quantitative estimate of drug-likeness (QED) is 0.743. The Morgan fingerprint density at radius 3 is 2.52 bits per heavy atom. The van der Waals surface area contributed by atoms with Gasteiger partial charge in [-0.3, -0.25) is 4.57 Å². The van der Waals surface area contributed by atoms with E-state index in [1.54, 1.807) is 14.2 Å². The molecule has 3 aromatic rings. The maximum atomic E-state index is 5.49. The summed E-state index contributed by atoms with van der Waals surface area (Å²) in [7, 11) is 3.31. The zero-order valence-electron chi connectivity index (χ0n) is 12.1. The van der Waals surface area contributed by atoms with Gasteiger partial charge in [-0.2, -0.15) is 0 Å². The fraction of sp³-hybridized carbons (Fsp3) is 0.188. The molecule has 5 heteroatoms. The number of hydrogen-bond donors (Lipinski definition) is 1. The maximum Gasteiger partial charge on any atom is 0.182 e. The van der Waals surface area contributed by atoms with E-state index in [4.69, 9.17) is 21.7 Å². The minimum Gasteiger partial charge on any atom is -0.495 e. The topological polar surface area (TPSA) is 39.2 Å². The zero-order chi connectivity index (χ0) is 15.0. The first-order valence-corrected chi connectivity index (χ1v) is 6.99. The molecule has 3 rings (SSSR count). The first kappa shape index (κ1) is 13.7. The van der Waals surface area contributed by atoms with Gasteiger partial charge in [-0.25, -0.2) is 0 Å². The standard InChI is InChI=1S/C16H16N2O2S/c1-10-7-8-13(19-2)12(9-10)18-11-5-4-6-14(20-3)15(11)17-16(18)21/h4-9H,1-3H3,(H,17,21). The lowest BCUT2D eigenvalue weighted by Gasteiger charge is -2.11. The molecular weight excluding hydrogens is 284 g/mol. The van der Waals surface area contributed by atoms with E-state index in [1.165, 1.54) is 0 Å². The summed E-state index contributed by atoms with van der Waals surface area (Å²) >= 11 is 5.49. The average molecular weight is 300 g/mol. The van der Waals surface area contributed by atoms with Crippen molar-refractivity contribution in [2.75, 3.05) is 14.2 Å². The van der Waals surface area contributed by atoms with Crippen LogP contribution >= 0.6 is 12.2 Å². The van der Waals surface area contributed by atoms with E-state index < -0.39 is 0 Å². The predicted octanol–water partition coefficient (Wildman–Crippen LogP) is 4.01. The van der Waals surface area contributed by atoms with E-state index in [-0.39, 0.29) is 0 Å². The summed E-state index contributed by atoms with van der Waals surface area (Å²) in [6.07, 6.45) is 0. The molecule has 2 aromatic carbocycles. The number of hydrogen-bond acceptors (Lipinski definition) is 3. The summed E-state index contributed by atoms with van der Waals surface area (Å²) < 4.78 is 13.4. The number of aromatic amines is 1. The number of rotatable bonds is 3. The van der Waals surface area contributed by atoms with E-state index in [9.17, 15) is 0 Å². The monoisotopic (exact) mass is 300 g/mol. The second-order valence-corrected chi connectivity index (χ2v) is 5.18. The molecule has 0 aliphatic carbocycles. The van der Waals surface area contributed by atoms with Gasteiger partial charge in [-0.15, -0.1) is 0 Å². The van der Waals surface area contributed by atoms with Crippen LogP contribution in [0, 0.1) is 11.7 Å². The number of imidazole rings is 1. The van der Waals surface area contributed by atoms with Crippen molar-refractivity contribution in [3.05, 3.63) is 46.7 Å². The van der Waals surface area contributed by atoms with Crippen LogP contribution in [0.25, 0.3) is 16.7 Å². The van der Waals surface area contributed by atoms with Crippen molar-refractivity contribution in [1.82, 2.24) is 9.55 Å². The van der Waals surface area contributed by atoms with Crippen LogP contribution in [0.15, 0.2) is 36.4 Å². The van der Waals surface area contributed by atoms with Crippen molar-refractivity contribution in [2.45, 2.75) is 6.92 Å². The number of methoxy groups -OCH3 is 2. The molecule has 0 spiro atoms. The van der Waals surface area contributed by atoms with Crippen molar-refractivity contribution < 1.29 is 9.47 Å². The largest absolute Gasteiger partial charge is 0.495 e. The predicted molar refractivity (Wildman–Crippen MR) is 86.3 cm³/mol. The summed E-state index contributed by atoms with van der Waals surface area (Å²) in [6, 6.07) is 11.9. The summed E-state index contributed by atoms with van der Waals surface area (Å²) in [5, 5.41) is 0. The highest BCUT2D eigenvalue weighted by Gasteiger charge is 2.13. The van der Waals surface area contributed by atoms with Gasteiger partial charge in [0.25, 0.3) is 0 Å². The molecule has 0 unspecified atom stereocenters. The molecule has 1 N–H and O–H groups in total. The molecule has 0 bridgehead atoms. The van der Waals surface area contributed by atoms with Crippen LogP contribution < -0.4 is 9.47 Å². The highest BCUT2D eigenvalue weighted by Crippen LogP contribution is 2.31. The fourth-order valence-electron chi connectivity index (χ4n) is 2.49. The van der Waals surface area contributed by atoms with Crippen LogP contribution in [0.3, 0.4) is 0 Å². The lowest BCUT2D eigenvalue weighted by molar-refractivity contribution is 0.413. The molecule has 0 fully saturated rings. The normalized spacial score (nSPS) is 10.8. The van der Waals surface area contributed by atoms with Crippen molar-refractivity contribution in [2.24, 2.45) is 0 Å². The molecule has 4 nitrogen and oxygen atoms in total. The molecule has 0 aliphatic heterocycles. The molecule has 0 atom stereocenters. The number of benzene rings is 2. The Kier molecular flexibility index (Phi) is 3.43. The number of ether oxygens (including phenoxy) is 2. The number of nitrogens with zero attached hydrogens (tertiary/aromatic N) is 1. The summed E-state index contributed by atoms with van der Waals surface area (Å²) in [5.74, 6) is 1.55. The van der Waals surface area contributed by atoms with Gasteiger partial charge in [-0.05, 0) is 49.0 Å². The third-order valence-corrected chi connectivity index (χ3v) is 3.76. The van der Waals surface area contributed by atoms with E-state index >= 15 is 0 Å². The highest BCUT2D eigenvalue weighted by atomic mass is 32.1. The Balaban J connectivity index is 2.38. The molecule has 0 saturated heterocycles. The van der Waals surface area contributed by atoms with Gasteiger partial charge in [0.2, 0.25) is 0 Å². The van der Waals surface area contributed by atoms with E-state index in [0.717, 1.165) is 33.8 Å². The number of aryl methyl sites for hydroxylation is 1. The van der Waals surface area contributed by atoms with Crippen LogP contribution in [0.5, 0.6) is 11.5 Å². The fourth-order valence-corrected chi connectivity index (χ4v) is 2.79. The molecule has 108 valence electrons. The van der Waals surface area contributed by atoms with Crippen LogP contribution in [0.2, 0.25) is 0 Å². The second kappa shape index (κ2) is 5.26. The van der Waals surface area contributed by atoms with Crippen molar-refractivity contribution >= 4 is 23.3 Å². The molecule has 0 amide bonds. The van der Waals surface area contributed by atoms with E-state index in [0.29, 0.717) is 4.77 Å². The molecule has 1 aromatic heterocycles. The van der Waals surface area contributed by atoms with Crippen LogP contribution in [-0.2, 0) is 0 Å².